The molecule has 0 aliphatic heterocycles. The Hall–Kier alpha value is -3.29. The van der Waals surface area contributed by atoms with Crippen LogP contribution in [0.25, 0.3) is 20.8 Å². The first-order valence-corrected chi connectivity index (χ1v) is 11.6. The first-order chi connectivity index (χ1) is 15.6. The van der Waals surface area contributed by atoms with Gasteiger partial charge in [-0.1, -0.05) is 49.4 Å². The van der Waals surface area contributed by atoms with Gasteiger partial charge in [-0.25, -0.2) is 4.98 Å². The summed E-state index contributed by atoms with van der Waals surface area (Å²) in [6.45, 7) is 3.16. The summed E-state index contributed by atoms with van der Waals surface area (Å²) in [5.74, 6) is 0.405. The average molecular weight is 462 g/mol. The predicted molar refractivity (Wildman–Crippen MR) is 134 cm³/mol. The largest absolute Gasteiger partial charge is 0.494 e. The maximum atomic E-state index is 12.5. The number of nitrogens with zero attached hydrogens (tertiary/aromatic N) is 1. The third-order valence-corrected chi connectivity index (χ3v) is 6.08. The number of rotatable bonds is 7. The summed E-state index contributed by atoms with van der Waals surface area (Å²) < 4.78 is 6.76. The molecule has 0 saturated heterocycles. The van der Waals surface area contributed by atoms with Gasteiger partial charge in [-0.05, 0) is 54.5 Å². The summed E-state index contributed by atoms with van der Waals surface area (Å²) in [7, 11) is 0. The highest BCUT2D eigenvalue weighted by atomic mass is 32.1. The number of para-hydroxylation sites is 1. The van der Waals surface area contributed by atoms with Crippen molar-refractivity contribution in [2.24, 2.45) is 0 Å². The van der Waals surface area contributed by atoms with Gasteiger partial charge in [-0.15, -0.1) is 11.3 Å². The number of nitrogens with one attached hydrogen (secondary N) is 2. The molecule has 0 spiro atoms. The number of hydrogen-bond acceptors (Lipinski definition) is 5. The maximum absolute atomic E-state index is 12.5. The number of carbonyl (C=O) groups is 1. The molecule has 0 bridgehead atoms. The van der Waals surface area contributed by atoms with E-state index in [2.05, 4.69) is 28.8 Å². The Balaban J connectivity index is 1.31. The molecule has 5 nitrogen and oxygen atoms in total. The van der Waals surface area contributed by atoms with Gasteiger partial charge >= 0.3 is 0 Å². The molecule has 162 valence electrons. The molecule has 0 fully saturated rings. The van der Waals surface area contributed by atoms with E-state index in [4.69, 9.17) is 21.9 Å². The van der Waals surface area contributed by atoms with Crippen LogP contribution < -0.4 is 15.4 Å². The van der Waals surface area contributed by atoms with E-state index in [1.807, 2.05) is 43.3 Å². The SMILES string of the molecule is CCCOc1cccc(C(=O)NC(=S)NCc2ccc(-c3nc4ccccc4s3)cc2)c1. The number of benzene rings is 3. The van der Waals surface area contributed by atoms with E-state index in [1.165, 1.54) is 4.70 Å². The monoisotopic (exact) mass is 461 g/mol. The third-order valence-electron chi connectivity index (χ3n) is 4.74. The molecule has 1 heterocycles. The Morgan fingerprint density at radius 3 is 2.66 bits per heavy atom. The summed E-state index contributed by atoms with van der Waals surface area (Å²) in [5, 5.41) is 7.09. The van der Waals surface area contributed by atoms with Gasteiger partial charge < -0.3 is 10.1 Å². The molecule has 4 aromatic rings. The van der Waals surface area contributed by atoms with Crippen molar-refractivity contribution in [3.8, 4) is 16.3 Å². The molecule has 2 N–H and O–H groups in total. The highest BCUT2D eigenvalue weighted by Gasteiger charge is 2.10. The molecule has 0 saturated carbocycles. The van der Waals surface area contributed by atoms with Crippen molar-refractivity contribution in [1.82, 2.24) is 15.6 Å². The summed E-state index contributed by atoms with van der Waals surface area (Å²) >= 11 is 6.97. The topological polar surface area (TPSA) is 63.2 Å². The lowest BCUT2D eigenvalue weighted by atomic mass is 10.1. The van der Waals surface area contributed by atoms with Gasteiger partial charge in [-0.3, -0.25) is 10.1 Å². The molecule has 0 aliphatic carbocycles. The van der Waals surface area contributed by atoms with Crippen LogP contribution >= 0.6 is 23.6 Å². The molecule has 0 aliphatic rings. The molecular formula is C25H23N3O2S2. The van der Waals surface area contributed by atoms with Crippen molar-refractivity contribution in [3.05, 3.63) is 83.9 Å². The smallest absolute Gasteiger partial charge is 0.257 e. The molecular weight excluding hydrogens is 438 g/mol. The molecule has 1 amide bonds. The Morgan fingerprint density at radius 1 is 1.06 bits per heavy atom. The number of ether oxygens (including phenoxy) is 1. The van der Waals surface area contributed by atoms with Gasteiger partial charge in [0.05, 0.1) is 16.8 Å². The Labute approximate surface area is 196 Å². The average Bonchev–Trinajstić information content (AvgIpc) is 3.26. The van der Waals surface area contributed by atoms with Crippen LogP contribution in [0.3, 0.4) is 0 Å². The van der Waals surface area contributed by atoms with E-state index in [1.54, 1.807) is 29.5 Å². The predicted octanol–water partition coefficient (Wildman–Crippen LogP) is 5.56. The summed E-state index contributed by atoms with van der Waals surface area (Å²) in [5.41, 5.74) is 3.65. The third kappa shape index (κ3) is 5.49. The van der Waals surface area contributed by atoms with Gasteiger partial charge in [0.1, 0.15) is 10.8 Å². The van der Waals surface area contributed by atoms with Gasteiger partial charge in [0.15, 0.2) is 5.11 Å². The second-order valence-electron chi connectivity index (χ2n) is 7.20. The summed E-state index contributed by atoms with van der Waals surface area (Å²) in [6.07, 6.45) is 0.909. The van der Waals surface area contributed by atoms with Gasteiger partial charge in [0, 0.05) is 17.7 Å². The second kappa shape index (κ2) is 10.3. The van der Waals surface area contributed by atoms with Crippen LogP contribution in [0.4, 0.5) is 0 Å². The molecule has 4 rings (SSSR count). The fraction of sp³-hybridized carbons (Fsp3) is 0.160. The van der Waals surface area contributed by atoms with Crippen LogP contribution in [0.2, 0.25) is 0 Å². The zero-order valence-corrected chi connectivity index (χ0v) is 19.3. The van der Waals surface area contributed by atoms with Crippen molar-refractivity contribution in [2.75, 3.05) is 6.61 Å². The van der Waals surface area contributed by atoms with E-state index in [-0.39, 0.29) is 11.0 Å². The van der Waals surface area contributed by atoms with Crippen LogP contribution in [0, 0.1) is 0 Å². The van der Waals surface area contributed by atoms with Crippen molar-refractivity contribution in [1.29, 1.82) is 0 Å². The number of carbonyl (C=O) groups excluding carboxylic acids is 1. The van der Waals surface area contributed by atoms with Crippen molar-refractivity contribution < 1.29 is 9.53 Å². The Morgan fingerprint density at radius 2 is 1.88 bits per heavy atom. The number of thiazole rings is 1. The zero-order valence-electron chi connectivity index (χ0n) is 17.6. The Kier molecular flexibility index (Phi) is 7.09. The quantitative estimate of drug-likeness (QED) is 0.353. The van der Waals surface area contributed by atoms with Gasteiger partial charge in [-0.2, -0.15) is 0 Å². The number of thiocarbonyl (C=S) groups is 1. The highest BCUT2D eigenvalue weighted by Crippen LogP contribution is 2.30. The standard InChI is InChI=1S/C25H23N3O2S2/c1-2-14-30-20-7-5-6-19(15-20)23(29)28-25(31)26-16-17-10-12-18(13-11-17)24-27-21-8-3-4-9-22(21)32-24/h3-13,15H,2,14,16H2,1H3,(H2,26,28,29,31). The minimum absolute atomic E-state index is 0.268. The van der Waals surface area contributed by atoms with Crippen molar-refractivity contribution in [2.45, 2.75) is 19.9 Å². The van der Waals surface area contributed by atoms with Crippen LogP contribution in [-0.2, 0) is 6.54 Å². The molecule has 0 atom stereocenters. The zero-order chi connectivity index (χ0) is 22.3. The van der Waals surface area contributed by atoms with Crippen LogP contribution in [0.15, 0.2) is 72.8 Å². The van der Waals surface area contributed by atoms with E-state index in [9.17, 15) is 4.79 Å². The lowest BCUT2D eigenvalue weighted by Gasteiger charge is -2.11. The van der Waals surface area contributed by atoms with E-state index >= 15 is 0 Å². The van der Waals surface area contributed by atoms with Gasteiger partial charge in [0.25, 0.3) is 5.91 Å². The van der Waals surface area contributed by atoms with Crippen LogP contribution in [-0.4, -0.2) is 22.6 Å². The van der Waals surface area contributed by atoms with E-state index in [0.717, 1.165) is 28.1 Å². The fourth-order valence-corrected chi connectivity index (χ4v) is 4.25. The lowest BCUT2D eigenvalue weighted by molar-refractivity contribution is 0.0976. The number of aromatic nitrogens is 1. The second-order valence-corrected chi connectivity index (χ2v) is 8.64. The fourth-order valence-electron chi connectivity index (χ4n) is 3.11. The maximum Gasteiger partial charge on any atom is 0.257 e. The Bertz CT molecular complexity index is 1200. The number of fused-ring (bicyclic) bond motifs is 1. The number of amides is 1. The van der Waals surface area contributed by atoms with Crippen LogP contribution in [0.5, 0.6) is 5.75 Å². The van der Waals surface area contributed by atoms with Crippen molar-refractivity contribution in [3.63, 3.8) is 0 Å². The first kappa shape index (κ1) is 21.9. The van der Waals surface area contributed by atoms with E-state index in [0.29, 0.717) is 24.5 Å². The molecule has 0 radical (unpaired) electrons. The molecule has 32 heavy (non-hydrogen) atoms. The minimum atomic E-state index is -0.268. The first-order valence-electron chi connectivity index (χ1n) is 10.4. The van der Waals surface area contributed by atoms with Gasteiger partial charge in [0.2, 0.25) is 0 Å². The number of hydrogen-bond donors (Lipinski definition) is 2. The minimum Gasteiger partial charge on any atom is -0.494 e. The van der Waals surface area contributed by atoms with Crippen LogP contribution in [0.1, 0.15) is 29.3 Å². The summed E-state index contributed by atoms with van der Waals surface area (Å²) in [6, 6.07) is 23.4. The molecule has 7 heteroatoms. The molecule has 1 aromatic heterocycles. The highest BCUT2D eigenvalue weighted by molar-refractivity contribution is 7.80. The molecule has 0 unspecified atom stereocenters. The molecule has 3 aromatic carbocycles. The van der Waals surface area contributed by atoms with Crippen molar-refractivity contribution >= 4 is 44.8 Å². The summed E-state index contributed by atoms with van der Waals surface area (Å²) in [4.78, 5) is 17.2. The van der Waals surface area contributed by atoms with E-state index < -0.39 is 0 Å². The normalized spacial score (nSPS) is 10.7. The lowest BCUT2D eigenvalue weighted by Crippen LogP contribution is -2.38.